The lowest BCUT2D eigenvalue weighted by Gasteiger charge is -1.97. The standard InChI is InChI=1S/C12H16OS/c1-14-11-10-13-9-5-8-12-6-3-2-4-7-12/h2-8H,9-11H2,1H3/b8-5+. The van der Waals surface area contributed by atoms with Crippen molar-refractivity contribution in [3.63, 3.8) is 0 Å². The minimum absolute atomic E-state index is 0.704. The largest absolute Gasteiger partial charge is 0.377 e. The van der Waals surface area contributed by atoms with E-state index in [1.807, 2.05) is 18.2 Å². The molecule has 0 aliphatic heterocycles. The van der Waals surface area contributed by atoms with Gasteiger partial charge < -0.3 is 4.74 Å². The first kappa shape index (κ1) is 11.3. The van der Waals surface area contributed by atoms with Crippen molar-refractivity contribution in [2.75, 3.05) is 25.2 Å². The lowest BCUT2D eigenvalue weighted by Crippen LogP contribution is -1.95. The number of rotatable bonds is 6. The minimum Gasteiger partial charge on any atom is -0.377 e. The molecule has 0 saturated heterocycles. The van der Waals surface area contributed by atoms with Crippen molar-refractivity contribution >= 4 is 17.8 Å². The van der Waals surface area contributed by atoms with Crippen molar-refractivity contribution in [3.8, 4) is 0 Å². The molecule has 0 aliphatic carbocycles. The van der Waals surface area contributed by atoms with E-state index < -0.39 is 0 Å². The fourth-order valence-corrected chi connectivity index (χ4v) is 1.33. The lowest BCUT2D eigenvalue weighted by atomic mass is 10.2. The predicted molar refractivity (Wildman–Crippen MR) is 64.7 cm³/mol. The molecule has 76 valence electrons. The molecule has 0 fully saturated rings. The molecular formula is C12H16OS. The van der Waals surface area contributed by atoms with E-state index in [1.54, 1.807) is 11.8 Å². The Kier molecular flexibility index (Phi) is 6.20. The van der Waals surface area contributed by atoms with E-state index >= 15 is 0 Å². The van der Waals surface area contributed by atoms with Crippen molar-refractivity contribution in [2.45, 2.75) is 0 Å². The smallest absolute Gasteiger partial charge is 0.0651 e. The highest BCUT2D eigenvalue weighted by molar-refractivity contribution is 7.98. The number of thioether (sulfide) groups is 1. The van der Waals surface area contributed by atoms with Crippen molar-refractivity contribution in [2.24, 2.45) is 0 Å². The molecule has 0 bridgehead atoms. The molecule has 1 nitrogen and oxygen atoms in total. The fourth-order valence-electron chi connectivity index (χ4n) is 1.04. The number of ether oxygens (including phenoxy) is 1. The van der Waals surface area contributed by atoms with E-state index in [1.165, 1.54) is 5.56 Å². The van der Waals surface area contributed by atoms with Gasteiger partial charge in [0.15, 0.2) is 0 Å². The molecule has 0 saturated carbocycles. The van der Waals surface area contributed by atoms with Gasteiger partial charge >= 0.3 is 0 Å². The van der Waals surface area contributed by atoms with Crippen LogP contribution in [0.15, 0.2) is 36.4 Å². The van der Waals surface area contributed by atoms with Crippen LogP contribution in [0.5, 0.6) is 0 Å². The van der Waals surface area contributed by atoms with Crippen LogP contribution in [0.25, 0.3) is 6.08 Å². The molecule has 1 rings (SSSR count). The Balaban J connectivity index is 2.15. The Hall–Kier alpha value is -0.730. The van der Waals surface area contributed by atoms with Crippen molar-refractivity contribution in [3.05, 3.63) is 42.0 Å². The first-order chi connectivity index (χ1) is 6.93. The average Bonchev–Trinajstić information content (AvgIpc) is 2.25. The monoisotopic (exact) mass is 208 g/mol. The second kappa shape index (κ2) is 7.65. The van der Waals surface area contributed by atoms with Crippen LogP contribution in [0.2, 0.25) is 0 Å². The molecule has 0 aliphatic rings. The highest BCUT2D eigenvalue weighted by Crippen LogP contribution is 2.00. The quantitative estimate of drug-likeness (QED) is 0.664. The molecule has 0 heterocycles. The van der Waals surface area contributed by atoms with Crippen LogP contribution >= 0.6 is 11.8 Å². The Morgan fingerprint density at radius 2 is 2.07 bits per heavy atom. The van der Waals surface area contributed by atoms with Gasteiger partial charge in [-0.3, -0.25) is 0 Å². The van der Waals surface area contributed by atoms with Crippen molar-refractivity contribution < 1.29 is 4.74 Å². The van der Waals surface area contributed by atoms with Gasteiger partial charge in [-0.15, -0.1) is 0 Å². The van der Waals surface area contributed by atoms with Gasteiger partial charge in [0.1, 0.15) is 0 Å². The van der Waals surface area contributed by atoms with E-state index in [9.17, 15) is 0 Å². The van der Waals surface area contributed by atoms with Crippen LogP contribution in [0, 0.1) is 0 Å². The highest BCUT2D eigenvalue weighted by atomic mass is 32.2. The summed E-state index contributed by atoms with van der Waals surface area (Å²) < 4.78 is 5.39. The third kappa shape index (κ3) is 5.10. The summed E-state index contributed by atoms with van der Waals surface area (Å²) in [5.41, 5.74) is 1.22. The van der Waals surface area contributed by atoms with Gasteiger partial charge in [-0.05, 0) is 11.8 Å². The molecule has 0 unspecified atom stereocenters. The Morgan fingerprint density at radius 3 is 2.79 bits per heavy atom. The summed E-state index contributed by atoms with van der Waals surface area (Å²) >= 11 is 1.81. The zero-order valence-corrected chi connectivity index (χ0v) is 9.30. The highest BCUT2D eigenvalue weighted by Gasteiger charge is 1.84. The van der Waals surface area contributed by atoms with Gasteiger partial charge in [-0.1, -0.05) is 42.5 Å². The van der Waals surface area contributed by atoms with Gasteiger partial charge in [0.05, 0.1) is 13.2 Å². The third-order valence-corrected chi connectivity index (χ3v) is 2.33. The maximum absolute atomic E-state index is 5.39. The van der Waals surface area contributed by atoms with Crippen LogP contribution in [0.3, 0.4) is 0 Å². The summed E-state index contributed by atoms with van der Waals surface area (Å²) in [6.07, 6.45) is 6.22. The predicted octanol–water partition coefficient (Wildman–Crippen LogP) is 3.08. The summed E-state index contributed by atoms with van der Waals surface area (Å²) in [6.45, 7) is 1.54. The van der Waals surface area contributed by atoms with Gasteiger partial charge in [-0.25, -0.2) is 0 Å². The molecule has 1 aromatic carbocycles. The Morgan fingerprint density at radius 1 is 1.29 bits per heavy atom. The maximum Gasteiger partial charge on any atom is 0.0651 e. The van der Waals surface area contributed by atoms with Crippen molar-refractivity contribution in [1.82, 2.24) is 0 Å². The van der Waals surface area contributed by atoms with Crippen LogP contribution in [-0.2, 0) is 4.74 Å². The van der Waals surface area contributed by atoms with Gasteiger partial charge in [0.2, 0.25) is 0 Å². The molecule has 0 aromatic heterocycles. The summed E-state index contributed by atoms with van der Waals surface area (Å²) in [5, 5.41) is 0. The molecule has 0 amide bonds. The van der Waals surface area contributed by atoms with Gasteiger partial charge in [0, 0.05) is 5.75 Å². The Labute approximate surface area is 90.2 Å². The van der Waals surface area contributed by atoms with Crippen LogP contribution in [0.1, 0.15) is 5.56 Å². The molecule has 2 heteroatoms. The zero-order valence-electron chi connectivity index (χ0n) is 8.48. The lowest BCUT2D eigenvalue weighted by molar-refractivity contribution is 0.181. The first-order valence-electron chi connectivity index (χ1n) is 4.72. The molecule has 0 spiro atoms. The number of benzene rings is 1. The normalized spacial score (nSPS) is 10.9. The second-order valence-electron chi connectivity index (χ2n) is 2.88. The minimum atomic E-state index is 0.704. The van der Waals surface area contributed by atoms with Crippen LogP contribution in [-0.4, -0.2) is 25.2 Å². The maximum atomic E-state index is 5.39. The van der Waals surface area contributed by atoms with E-state index in [0.29, 0.717) is 6.61 Å². The van der Waals surface area contributed by atoms with E-state index in [-0.39, 0.29) is 0 Å². The SMILES string of the molecule is CSCCOC/C=C/c1ccccc1. The third-order valence-electron chi connectivity index (χ3n) is 1.76. The fraction of sp³-hybridized carbons (Fsp3) is 0.333. The zero-order chi connectivity index (χ0) is 10.1. The van der Waals surface area contributed by atoms with Crippen LogP contribution < -0.4 is 0 Å². The number of hydrogen-bond donors (Lipinski definition) is 0. The second-order valence-corrected chi connectivity index (χ2v) is 3.87. The van der Waals surface area contributed by atoms with E-state index in [4.69, 9.17) is 4.74 Å². The summed E-state index contributed by atoms with van der Waals surface area (Å²) in [4.78, 5) is 0. The van der Waals surface area contributed by atoms with Crippen LogP contribution in [0.4, 0.5) is 0 Å². The molecule has 0 radical (unpaired) electrons. The number of hydrogen-bond acceptors (Lipinski definition) is 2. The average molecular weight is 208 g/mol. The summed E-state index contributed by atoms with van der Waals surface area (Å²) in [5.74, 6) is 1.07. The van der Waals surface area contributed by atoms with Crippen molar-refractivity contribution in [1.29, 1.82) is 0 Å². The van der Waals surface area contributed by atoms with E-state index in [0.717, 1.165) is 12.4 Å². The van der Waals surface area contributed by atoms with E-state index in [2.05, 4.69) is 30.5 Å². The molecular weight excluding hydrogens is 192 g/mol. The molecule has 0 atom stereocenters. The first-order valence-corrected chi connectivity index (χ1v) is 6.11. The molecule has 1 aromatic rings. The molecule has 0 N–H and O–H groups in total. The van der Waals surface area contributed by atoms with Gasteiger partial charge in [-0.2, -0.15) is 11.8 Å². The van der Waals surface area contributed by atoms with Gasteiger partial charge in [0.25, 0.3) is 0 Å². The molecule has 14 heavy (non-hydrogen) atoms. The Bertz CT molecular complexity index is 256. The summed E-state index contributed by atoms with van der Waals surface area (Å²) in [6, 6.07) is 10.3. The topological polar surface area (TPSA) is 9.23 Å². The summed E-state index contributed by atoms with van der Waals surface area (Å²) in [7, 11) is 0.